The molecular formula is C10H11IN2S. The minimum absolute atomic E-state index is 0.612. The van der Waals surface area contributed by atoms with Crippen LogP contribution in [-0.2, 0) is 0 Å². The first kappa shape index (κ1) is 10.3. The number of nitrogens with zero attached hydrogens (tertiary/aromatic N) is 1. The van der Waals surface area contributed by atoms with Crippen LogP contribution in [0.3, 0.4) is 0 Å². The molecule has 14 heavy (non-hydrogen) atoms. The summed E-state index contributed by atoms with van der Waals surface area (Å²) in [7, 11) is 0. The molecule has 1 aromatic rings. The number of thioether (sulfide) groups is 1. The second-order valence-electron chi connectivity index (χ2n) is 3.21. The third-order valence-corrected chi connectivity index (χ3v) is 3.63. The molecule has 2 rings (SSSR count). The quantitative estimate of drug-likeness (QED) is 0.804. The van der Waals surface area contributed by atoms with Crippen LogP contribution in [0.15, 0.2) is 29.3 Å². The van der Waals surface area contributed by atoms with Gasteiger partial charge in [0, 0.05) is 14.5 Å². The van der Waals surface area contributed by atoms with E-state index in [0.29, 0.717) is 5.25 Å². The monoisotopic (exact) mass is 318 g/mol. The van der Waals surface area contributed by atoms with E-state index >= 15 is 0 Å². The van der Waals surface area contributed by atoms with Crippen LogP contribution in [0.1, 0.15) is 6.92 Å². The number of amidine groups is 1. The van der Waals surface area contributed by atoms with E-state index in [1.54, 1.807) is 11.8 Å². The lowest BCUT2D eigenvalue weighted by atomic mass is 10.3. The van der Waals surface area contributed by atoms with E-state index in [1.807, 2.05) is 0 Å². The molecule has 4 heteroatoms. The van der Waals surface area contributed by atoms with Gasteiger partial charge in [0.1, 0.15) is 0 Å². The Labute approximate surface area is 102 Å². The zero-order chi connectivity index (χ0) is 9.97. The first-order valence-corrected chi connectivity index (χ1v) is 6.43. The number of benzene rings is 1. The fraction of sp³-hybridized carbons (Fsp3) is 0.300. The van der Waals surface area contributed by atoms with Gasteiger partial charge < -0.3 is 5.32 Å². The Morgan fingerprint density at radius 1 is 1.43 bits per heavy atom. The Morgan fingerprint density at radius 2 is 2.14 bits per heavy atom. The minimum atomic E-state index is 0.612. The molecule has 2 nitrogen and oxygen atoms in total. The SMILES string of the molecule is CC1CN=C(Nc2ccc(I)cc2)S1. The lowest BCUT2D eigenvalue weighted by molar-refractivity contribution is 0.976. The lowest BCUT2D eigenvalue weighted by Gasteiger charge is -2.05. The van der Waals surface area contributed by atoms with Crippen molar-refractivity contribution in [3.05, 3.63) is 27.8 Å². The molecule has 0 amide bonds. The van der Waals surface area contributed by atoms with E-state index in [1.165, 1.54) is 3.57 Å². The van der Waals surface area contributed by atoms with Gasteiger partial charge in [-0.25, -0.2) is 0 Å². The van der Waals surface area contributed by atoms with E-state index in [9.17, 15) is 0 Å². The van der Waals surface area contributed by atoms with Gasteiger partial charge in [0.05, 0.1) is 6.54 Å². The van der Waals surface area contributed by atoms with Gasteiger partial charge in [-0.2, -0.15) is 0 Å². The molecule has 0 aromatic heterocycles. The third-order valence-electron chi connectivity index (χ3n) is 1.90. The van der Waals surface area contributed by atoms with Crippen molar-refractivity contribution in [3.8, 4) is 0 Å². The molecular weight excluding hydrogens is 307 g/mol. The predicted octanol–water partition coefficient (Wildman–Crippen LogP) is 3.19. The van der Waals surface area contributed by atoms with Gasteiger partial charge in [-0.3, -0.25) is 4.99 Å². The summed E-state index contributed by atoms with van der Waals surface area (Å²) in [6.07, 6.45) is 0. The van der Waals surface area contributed by atoms with Crippen LogP contribution in [0, 0.1) is 3.57 Å². The van der Waals surface area contributed by atoms with Gasteiger partial charge in [-0.1, -0.05) is 18.7 Å². The molecule has 0 aliphatic carbocycles. The van der Waals surface area contributed by atoms with E-state index in [0.717, 1.165) is 17.4 Å². The highest BCUT2D eigenvalue weighted by atomic mass is 127. The van der Waals surface area contributed by atoms with Gasteiger partial charge in [0.25, 0.3) is 0 Å². The number of aliphatic imine (C=N–C) groups is 1. The van der Waals surface area contributed by atoms with Crippen molar-refractivity contribution < 1.29 is 0 Å². The molecule has 0 bridgehead atoms. The third kappa shape index (κ3) is 2.63. The number of halogens is 1. The van der Waals surface area contributed by atoms with Crippen molar-refractivity contribution in [1.82, 2.24) is 0 Å². The maximum absolute atomic E-state index is 4.40. The summed E-state index contributed by atoms with van der Waals surface area (Å²) in [6.45, 7) is 3.12. The van der Waals surface area contributed by atoms with Crippen LogP contribution in [-0.4, -0.2) is 17.0 Å². The molecule has 1 aliphatic rings. The lowest BCUT2D eigenvalue weighted by Crippen LogP contribution is -2.05. The Hall–Kier alpha value is -0.230. The second kappa shape index (κ2) is 4.53. The van der Waals surface area contributed by atoms with Crippen LogP contribution in [0.2, 0.25) is 0 Å². The van der Waals surface area contributed by atoms with Crippen LogP contribution >= 0.6 is 34.4 Å². The Morgan fingerprint density at radius 3 is 2.71 bits per heavy atom. The van der Waals surface area contributed by atoms with Crippen LogP contribution in [0.5, 0.6) is 0 Å². The molecule has 1 aromatic carbocycles. The molecule has 0 spiro atoms. The number of hydrogen-bond acceptors (Lipinski definition) is 3. The molecule has 74 valence electrons. The maximum Gasteiger partial charge on any atom is 0.161 e. The fourth-order valence-electron chi connectivity index (χ4n) is 1.20. The summed E-state index contributed by atoms with van der Waals surface area (Å²) < 4.78 is 1.25. The number of anilines is 1. The van der Waals surface area contributed by atoms with Gasteiger partial charge in [-0.05, 0) is 46.9 Å². The van der Waals surface area contributed by atoms with Crippen molar-refractivity contribution >= 4 is 45.2 Å². The molecule has 0 saturated heterocycles. The van der Waals surface area contributed by atoms with Gasteiger partial charge >= 0.3 is 0 Å². The van der Waals surface area contributed by atoms with Crippen molar-refractivity contribution in [2.45, 2.75) is 12.2 Å². The minimum Gasteiger partial charge on any atom is -0.335 e. The largest absolute Gasteiger partial charge is 0.335 e. The molecule has 0 fully saturated rings. The molecule has 1 aliphatic heterocycles. The molecule has 0 saturated carbocycles. The summed E-state index contributed by atoms with van der Waals surface area (Å²) in [6, 6.07) is 8.33. The molecule has 1 N–H and O–H groups in total. The van der Waals surface area contributed by atoms with Gasteiger partial charge in [0.15, 0.2) is 5.17 Å². The number of nitrogens with one attached hydrogen (secondary N) is 1. The highest BCUT2D eigenvalue weighted by Gasteiger charge is 2.14. The summed E-state index contributed by atoms with van der Waals surface area (Å²) in [4.78, 5) is 4.40. The molecule has 1 heterocycles. The van der Waals surface area contributed by atoms with Gasteiger partial charge in [-0.15, -0.1) is 0 Å². The molecule has 1 unspecified atom stereocenters. The first-order chi connectivity index (χ1) is 6.74. The van der Waals surface area contributed by atoms with E-state index in [4.69, 9.17) is 0 Å². The standard InChI is InChI=1S/C10H11IN2S/c1-7-6-12-10(14-7)13-9-4-2-8(11)3-5-9/h2-5,7H,6H2,1H3,(H,12,13). The van der Waals surface area contributed by atoms with Gasteiger partial charge in [0.2, 0.25) is 0 Å². The number of rotatable bonds is 1. The second-order valence-corrected chi connectivity index (χ2v) is 5.88. The molecule has 0 radical (unpaired) electrons. The summed E-state index contributed by atoms with van der Waals surface area (Å²) in [5.41, 5.74) is 1.12. The van der Waals surface area contributed by atoms with Crippen LogP contribution < -0.4 is 5.32 Å². The average Bonchev–Trinajstić information content (AvgIpc) is 2.56. The summed E-state index contributed by atoms with van der Waals surface area (Å²) in [5, 5.41) is 4.96. The van der Waals surface area contributed by atoms with Crippen molar-refractivity contribution in [1.29, 1.82) is 0 Å². The van der Waals surface area contributed by atoms with Crippen LogP contribution in [0.4, 0.5) is 5.69 Å². The van der Waals surface area contributed by atoms with Crippen molar-refractivity contribution in [2.24, 2.45) is 4.99 Å². The predicted molar refractivity (Wildman–Crippen MR) is 72.1 cm³/mol. The zero-order valence-electron chi connectivity index (χ0n) is 7.83. The maximum atomic E-state index is 4.40. The summed E-state index contributed by atoms with van der Waals surface area (Å²) in [5.74, 6) is 0. The van der Waals surface area contributed by atoms with Crippen molar-refractivity contribution in [2.75, 3.05) is 11.9 Å². The van der Waals surface area contributed by atoms with E-state index < -0.39 is 0 Å². The normalized spacial score (nSPS) is 20.7. The fourth-order valence-corrected chi connectivity index (χ4v) is 2.42. The van der Waals surface area contributed by atoms with Crippen molar-refractivity contribution in [3.63, 3.8) is 0 Å². The average molecular weight is 318 g/mol. The Kier molecular flexibility index (Phi) is 3.33. The highest BCUT2D eigenvalue weighted by molar-refractivity contribution is 14.1. The Balaban J connectivity index is 2.01. The van der Waals surface area contributed by atoms with Crippen LogP contribution in [0.25, 0.3) is 0 Å². The number of hydrogen-bond donors (Lipinski definition) is 1. The Bertz CT molecular complexity index is 348. The zero-order valence-corrected chi connectivity index (χ0v) is 10.8. The van der Waals surface area contributed by atoms with E-state index in [2.05, 4.69) is 64.1 Å². The summed E-state index contributed by atoms with van der Waals surface area (Å²) >= 11 is 4.10. The molecule has 1 atom stereocenters. The smallest absolute Gasteiger partial charge is 0.161 e. The first-order valence-electron chi connectivity index (χ1n) is 4.48. The highest BCUT2D eigenvalue weighted by Crippen LogP contribution is 2.22. The van der Waals surface area contributed by atoms with E-state index in [-0.39, 0.29) is 0 Å². The topological polar surface area (TPSA) is 24.4 Å².